The van der Waals surface area contributed by atoms with Crippen LogP contribution in [0.3, 0.4) is 0 Å². The zero-order valence-corrected chi connectivity index (χ0v) is 11.2. The molecular weight excluding hydrogens is 220 g/mol. The van der Waals surface area contributed by atoms with Crippen molar-refractivity contribution in [3.8, 4) is 0 Å². The summed E-state index contributed by atoms with van der Waals surface area (Å²) < 4.78 is 5.19. The minimum Gasteiger partial charge on any atom is -0.380 e. The van der Waals surface area contributed by atoms with Gasteiger partial charge in [0.05, 0.1) is 6.10 Å². The molecular formula is C12H22N2O3. The zero-order valence-electron chi connectivity index (χ0n) is 11.2. The molecule has 1 N–H and O–H groups in total. The highest BCUT2D eigenvalue weighted by Crippen LogP contribution is 2.18. The topological polar surface area (TPSA) is 58.6 Å². The van der Waals surface area contributed by atoms with Crippen LogP contribution in [-0.4, -0.2) is 48.1 Å². The number of ether oxygens (including phenoxy) is 1. The lowest BCUT2D eigenvalue weighted by atomic mass is 10.0. The fraction of sp³-hybridized carbons (Fsp3) is 0.833. The lowest BCUT2D eigenvalue weighted by Gasteiger charge is -2.33. The van der Waals surface area contributed by atoms with Crippen LogP contribution in [0.25, 0.3) is 0 Å². The van der Waals surface area contributed by atoms with Crippen LogP contribution >= 0.6 is 0 Å². The maximum absolute atomic E-state index is 12.3. The molecule has 0 aliphatic carbocycles. The number of nitrogens with zero attached hydrogens (tertiary/aromatic N) is 1. The Morgan fingerprint density at radius 3 is 2.65 bits per heavy atom. The summed E-state index contributed by atoms with van der Waals surface area (Å²) in [4.78, 5) is 25.7. The predicted octanol–water partition coefficient (Wildman–Crippen LogP) is 0.537. The molecule has 0 aromatic heterocycles. The lowest BCUT2D eigenvalue weighted by Crippen LogP contribution is -2.54. The number of hydrogen-bond acceptors (Lipinski definition) is 3. The summed E-state index contributed by atoms with van der Waals surface area (Å²) in [6.07, 6.45) is 0.302. The van der Waals surface area contributed by atoms with E-state index in [1.165, 1.54) is 0 Å². The van der Waals surface area contributed by atoms with Crippen LogP contribution < -0.4 is 5.32 Å². The maximum Gasteiger partial charge on any atom is 0.248 e. The second-order valence-electron chi connectivity index (χ2n) is 5.23. The Morgan fingerprint density at radius 1 is 1.53 bits per heavy atom. The van der Waals surface area contributed by atoms with Gasteiger partial charge in [-0.3, -0.25) is 9.59 Å². The Balaban J connectivity index is 2.91. The first-order chi connectivity index (χ1) is 7.77. The van der Waals surface area contributed by atoms with Crippen LogP contribution in [-0.2, 0) is 14.3 Å². The highest BCUT2D eigenvalue weighted by atomic mass is 16.5. The molecule has 0 bridgehead atoms. The molecule has 2 atom stereocenters. The standard InChI is InChI=1S/C12H22N2O3/c1-8-6-10(15)13-12(3,4)11(16)14(8)7-9(2)17-5/h8-9H,6-7H2,1-5H3,(H,13,15). The Morgan fingerprint density at radius 2 is 2.12 bits per heavy atom. The van der Waals surface area contributed by atoms with Gasteiger partial charge in [-0.15, -0.1) is 0 Å². The monoisotopic (exact) mass is 242 g/mol. The molecule has 0 spiro atoms. The summed E-state index contributed by atoms with van der Waals surface area (Å²) in [6.45, 7) is 7.77. The third kappa shape index (κ3) is 3.19. The SMILES string of the molecule is COC(C)CN1C(=O)C(C)(C)NC(=O)CC1C. The van der Waals surface area contributed by atoms with E-state index in [9.17, 15) is 9.59 Å². The maximum atomic E-state index is 12.3. The van der Waals surface area contributed by atoms with Crippen molar-refractivity contribution in [2.24, 2.45) is 0 Å². The van der Waals surface area contributed by atoms with Crippen LogP contribution in [0.15, 0.2) is 0 Å². The first-order valence-electron chi connectivity index (χ1n) is 5.92. The number of carbonyl (C=O) groups is 2. The molecule has 1 aliphatic rings. The Kier molecular flexibility index (Phi) is 4.14. The van der Waals surface area contributed by atoms with E-state index in [1.807, 2.05) is 13.8 Å². The fourth-order valence-corrected chi connectivity index (χ4v) is 2.01. The van der Waals surface area contributed by atoms with Crippen molar-refractivity contribution < 1.29 is 14.3 Å². The minimum absolute atomic E-state index is 0.0367. The highest BCUT2D eigenvalue weighted by Gasteiger charge is 2.39. The third-order valence-electron chi connectivity index (χ3n) is 3.12. The van der Waals surface area contributed by atoms with E-state index < -0.39 is 5.54 Å². The van der Waals surface area contributed by atoms with Crippen molar-refractivity contribution in [1.82, 2.24) is 10.2 Å². The number of carbonyl (C=O) groups excluding carboxylic acids is 2. The molecule has 1 aliphatic heterocycles. The van der Waals surface area contributed by atoms with Gasteiger partial charge in [0.15, 0.2) is 0 Å². The van der Waals surface area contributed by atoms with Crippen molar-refractivity contribution in [2.75, 3.05) is 13.7 Å². The van der Waals surface area contributed by atoms with Gasteiger partial charge in [-0.05, 0) is 27.7 Å². The fourth-order valence-electron chi connectivity index (χ4n) is 2.01. The molecule has 2 unspecified atom stereocenters. The molecule has 5 heteroatoms. The normalized spacial score (nSPS) is 26.4. The molecule has 2 amide bonds. The van der Waals surface area contributed by atoms with Gasteiger partial charge in [-0.1, -0.05) is 0 Å². The summed E-state index contributed by atoms with van der Waals surface area (Å²) in [5, 5.41) is 2.75. The molecule has 0 aromatic carbocycles. The molecule has 98 valence electrons. The second kappa shape index (κ2) is 5.04. The van der Waals surface area contributed by atoms with Gasteiger partial charge in [0.2, 0.25) is 11.8 Å². The van der Waals surface area contributed by atoms with Crippen LogP contribution in [0.2, 0.25) is 0 Å². The van der Waals surface area contributed by atoms with Crippen molar-refractivity contribution in [2.45, 2.75) is 51.8 Å². The first kappa shape index (κ1) is 14.0. The predicted molar refractivity (Wildman–Crippen MR) is 64.5 cm³/mol. The van der Waals surface area contributed by atoms with Gasteiger partial charge in [0.25, 0.3) is 0 Å². The molecule has 1 fully saturated rings. The lowest BCUT2D eigenvalue weighted by molar-refractivity contribution is -0.140. The van der Waals surface area contributed by atoms with Crippen molar-refractivity contribution >= 4 is 11.8 Å². The van der Waals surface area contributed by atoms with Gasteiger partial charge in [0.1, 0.15) is 5.54 Å². The van der Waals surface area contributed by atoms with E-state index in [-0.39, 0.29) is 24.0 Å². The molecule has 17 heavy (non-hydrogen) atoms. The number of amides is 2. The molecule has 5 nitrogen and oxygen atoms in total. The van der Waals surface area contributed by atoms with Crippen molar-refractivity contribution in [3.63, 3.8) is 0 Å². The summed E-state index contributed by atoms with van der Waals surface area (Å²) in [6, 6.07) is -0.0955. The smallest absolute Gasteiger partial charge is 0.248 e. The van der Waals surface area contributed by atoms with Crippen LogP contribution in [0.1, 0.15) is 34.1 Å². The second-order valence-corrected chi connectivity index (χ2v) is 5.23. The summed E-state index contributed by atoms with van der Waals surface area (Å²) >= 11 is 0. The zero-order chi connectivity index (χ0) is 13.2. The summed E-state index contributed by atoms with van der Waals surface area (Å²) in [5.41, 5.74) is -0.838. The molecule has 0 aromatic rings. The van der Waals surface area contributed by atoms with Gasteiger partial charge in [0, 0.05) is 26.1 Å². The number of rotatable bonds is 3. The Hall–Kier alpha value is -1.10. The van der Waals surface area contributed by atoms with Gasteiger partial charge in [-0.2, -0.15) is 0 Å². The van der Waals surface area contributed by atoms with E-state index in [0.29, 0.717) is 13.0 Å². The summed E-state index contributed by atoms with van der Waals surface area (Å²) in [5.74, 6) is -0.136. The number of methoxy groups -OCH3 is 1. The van der Waals surface area contributed by atoms with E-state index in [4.69, 9.17) is 4.74 Å². The summed E-state index contributed by atoms with van der Waals surface area (Å²) in [7, 11) is 1.62. The Labute approximate surface area is 102 Å². The van der Waals surface area contributed by atoms with Crippen LogP contribution in [0, 0.1) is 0 Å². The van der Waals surface area contributed by atoms with Crippen LogP contribution in [0.5, 0.6) is 0 Å². The van der Waals surface area contributed by atoms with E-state index in [2.05, 4.69) is 5.32 Å². The Bertz CT molecular complexity index is 315. The molecule has 1 rings (SSSR count). The molecule has 0 radical (unpaired) electrons. The van der Waals surface area contributed by atoms with Gasteiger partial charge >= 0.3 is 0 Å². The van der Waals surface area contributed by atoms with Gasteiger partial charge < -0.3 is 15.0 Å². The average molecular weight is 242 g/mol. The quantitative estimate of drug-likeness (QED) is 0.785. The largest absolute Gasteiger partial charge is 0.380 e. The first-order valence-corrected chi connectivity index (χ1v) is 5.92. The highest BCUT2D eigenvalue weighted by molar-refractivity contribution is 5.93. The molecule has 1 saturated heterocycles. The third-order valence-corrected chi connectivity index (χ3v) is 3.12. The number of nitrogens with one attached hydrogen (secondary N) is 1. The molecule has 0 saturated carbocycles. The molecule has 1 heterocycles. The number of hydrogen-bond donors (Lipinski definition) is 1. The van der Waals surface area contributed by atoms with Gasteiger partial charge in [-0.25, -0.2) is 0 Å². The van der Waals surface area contributed by atoms with E-state index in [1.54, 1.807) is 25.9 Å². The average Bonchev–Trinajstić information content (AvgIpc) is 2.28. The van der Waals surface area contributed by atoms with E-state index >= 15 is 0 Å². The van der Waals surface area contributed by atoms with E-state index in [0.717, 1.165) is 0 Å². The minimum atomic E-state index is -0.838. The van der Waals surface area contributed by atoms with Crippen molar-refractivity contribution in [1.29, 1.82) is 0 Å². The van der Waals surface area contributed by atoms with Crippen LogP contribution in [0.4, 0.5) is 0 Å². The van der Waals surface area contributed by atoms with Crippen molar-refractivity contribution in [3.05, 3.63) is 0 Å².